The fourth-order valence-electron chi connectivity index (χ4n) is 3.01. The summed E-state index contributed by atoms with van der Waals surface area (Å²) in [6, 6.07) is 9.28. The molecule has 0 atom stereocenters. The monoisotopic (exact) mass is 366 g/mol. The molecule has 3 rings (SSSR count). The van der Waals surface area contributed by atoms with Crippen LogP contribution in [0.2, 0.25) is 5.02 Å². The summed E-state index contributed by atoms with van der Waals surface area (Å²) in [7, 11) is -4.05. The molecule has 126 valence electrons. The Bertz CT molecular complexity index is 928. The molecule has 1 heterocycles. The maximum atomic E-state index is 13.2. The van der Waals surface area contributed by atoms with Gasteiger partial charge in [0.1, 0.15) is 0 Å². The number of hydrogen-bond donors (Lipinski definition) is 0. The smallest absolute Gasteiger partial charge is 0.266 e. The van der Waals surface area contributed by atoms with Gasteiger partial charge in [0.05, 0.1) is 10.6 Å². The molecule has 2 aromatic rings. The van der Waals surface area contributed by atoms with Crippen LogP contribution in [0, 0.1) is 17.0 Å². The Hall–Kier alpha value is -2.12. The lowest BCUT2D eigenvalue weighted by atomic mass is 10.0. The number of halogens is 1. The molecule has 0 aliphatic carbocycles. The van der Waals surface area contributed by atoms with E-state index in [2.05, 4.69) is 0 Å². The van der Waals surface area contributed by atoms with Gasteiger partial charge in [0.25, 0.3) is 15.7 Å². The minimum Gasteiger partial charge on any atom is -0.266 e. The lowest BCUT2D eigenvalue weighted by Crippen LogP contribution is -2.36. The number of sulfonamides is 1. The number of nitro groups is 1. The molecule has 0 unspecified atom stereocenters. The average molecular weight is 367 g/mol. The van der Waals surface area contributed by atoms with Crippen molar-refractivity contribution in [1.82, 2.24) is 0 Å². The Balaban J connectivity index is 2.20. The van der Waals surface area contributed by atoms with Gasteiger partial charge in [-0.1, -0.05) is 23.7 Å². The van der Waals surface area contributed by atoms with Crippen molar-refractivity contribution in [2.45, 2.75) is 24.7 Å². The van der Waals surface area contributed by atoms with E-state index in [1.165, 1.54) is 16.4 Å². The second-order valence-electron chi connectivity index (χ2n) is 5.63. The first kappa shape index (κ1) is 16.7. The Labute approximate surface area is 144 Å². The normalized spacial score (nSPS) is 14.3. The van der Waals surface area contributed by atoms with Crippen LogP contribution in [-0.4, -0.2) is 19.9 Å². The van der Waals surface area contributed by atoms with E-state index in [-0.39, 0.29) is 11.4 Å². The summed E-state index contributed by atoms with van der Waals surface area (Å²) in [4.78, 5) is 10.4. The fraction of sp³-hybridized carbons (Fsp3) is 0.250. The Morgan fingerprint density at radius 2 is 2.00 bits per heavy atom. The summed E-state index contributed by atoms with van der Waals surface area (Å²) in [5.41, 5.74) is 1.30. The Morgan fingerprint density at radius 3 is 2.71 bits per heavy atom. The quantitative estimate of drug-likeness (QED) is 0.612. The van der Waals surface area contributed by atoms with Gasteiger partial charge in [-0.25, -0.2) is 8.42 Å². The molecule has 1 aliphatic rings. The van der Waals surface area contributed by atoms with Crippen LogP contribution in [0.25, 0.3) is 0 Å². The van der Waals surface area contributed by atoms with Gasteiger partial charge in [-0.3, -0.25) is 14.4 Å². The number of nitrogens with zero attached hydrogens (tertiary/aromatic N) is 2. The highest BCUT2D eigenvalue weighted by Gasteiger charge is 2.35. The van der Waals surface area contributed by atoms with Gasteiger partial charge < -0.3 is 0 Å². The lowest BCUT2D eigenvalue weighted by Gasteiger charge is -2.30. The fourth-order valence-corrected chi connectivity index (χ4v) is 5.11. The van der Waals surface area contributed by atoms with Crippen molar-refractivity contribution in [2.75, 3.05) is 10.8 Å². The summed E-state index contributed by atoms with van der Waals surface area (Å²) in [6.07, 6.45) is 1.35. The molecule has 0 fully saturated rings. The molecular formula is C16H15ClN2O4S. The number of hydrogen-bond acceptors (Lipinski definition) is 4. The summed E-state index contributed by atoms with van der Waals surface area (Å²) in [5.74, 6) is 0. The number of aryl methyl sites for hydroxylation is 2. The molecule has 0 saturated heterocycles. The predicted octanol–water partition coefficient (Wildman–Crippen LogP) is 3.70. The average Bonchev–Trinajstić information content (AvgIpc) is 2.53. The van der Waals surface area contributed by atoms with E-state index in [0.717, 1.165) is 12.0 Å². The first-order valence-electron chi connectivity index (χ1n) is 7.37. The topological polar surface area (TPSA) is 80.5 Å². The molecular weight excluding hydrogens is 352 g/mol. The van der Waals surface area contributed by atoms with Crippen LogP contribution < -0.4 is 4.31 Å². The summed E-state index contributed by atoms with van der Waals surface area (Å²) in [6.45, 7) is 1.84. The number of rotatable bonds is 3. The van der Waals surface area contributed by atoms with E-state index < -0.39 is 20.6 Å². The highest BCUT2D eigenvalue weighted by Crippen LogP contribution is 2.37. The Morgan fingerprint density at radius 1 is 1.25 bits per heavy atom. The van der Waals surface area contributed by atoms with E-state index in [9.17, 15) is 18.5 Å². The summed E-state index contributed by atoms with van der Waals surface area (Å²) < 4.78 is 27.6. The zero-order valence-corrected chi connectivity index (χ0v) is 14.5. The van der Waals surface area contributed by atoms with Crippen molar-refractivity contribution in [3.8, 4) is 0 Å². The molecule has 0 saturated carbocycles. The maximum absolute atomic E-state index is 13.2. The van der Waals surface area contributed by atoms with Crippen LogP contribution in [0.1, 0.15) is 17.5 Å². The Kier molecular flexibility index (Phi) is 4.23. The van der Waals surface area contributed by atoms with Crippen LogP contribution in [0.4, 0.5) is 11.4 Å². The van der Waals surface area contributed by atoms with E-state index in [1.807, 2.05) is 0 Å². The van der Waals surface area contributed by atoms with Crippen LogP contribution in [0.5, 0.6) is 0 Å². The van der Waals surface area contributed by atoms with Gasteiger partial charge in [-0.15, -0.1) is 0 Å². The second kappa shape index (κ2) is 6.07. The van der Waals surface area contributed by atoms with Gasteiger partial charge in [0.2, 0.25) is 0 Å². The molecule has 0 aromatic heterocycles. The zero-order valence-electron chi connectivity index (χ0n) is 12.9. The van der Waals surface area contributed by atoms with Crippen LogP contribution in [0.15, 0.2) is 41.3 Å². The van der Waals surface area contributed by atoms with E-state index in [4.69, 9.17) is 11.6 Å². The van der Waals surface area contributed by atoms with Crippen molar-refractivity contribution in [1.29, 1.82) is 0 Å². The molecule has 0 N–H and O–H groups in total. The van der Waals surface area contributed by atoms with Crippen LogP contribution >= 0.6 is 11.6 Å². The van der Waals surface area contributed by atoms with Gasteiger partial charge in [0, 0.05) is 17.6 Å². The third-order valence-electron chi connectivity index (χ3n) is 4.05. The molecule has 2 aromatic carbocycles. The van der Waals surface area contributed by atoms with E-state index >= 15 is 0 Å². The number of benzene rings is 2. The number of nitro benzene ring substituents is 1. The van der Waals surface area contributed by atoms with E-state index in [0.29, 0.717) is 22.7 Å². The van der Waals surface area contributed by atoms with Gasteiger partial charge in [-0.05, 0) is 49.1 Å². The second-order valence-corrected chi connectivity index (χ2v) is 7.87. The maximum Gasteiger partial charge on any atom is 0.290 e. The van der Waals surface area contributed by atoms with Crippen molar-refractivity contribution in [3.05, 3.63) is 62.7 Å². The molecule has 24 heavy (non-hydrogen) atoms. The third-order valence-corrected chi connectivity index (χ3v) is 6.30. The predicted molar refractivity (Wildman–Crippen MR) is 92.1 cm³/mol. The highest BCUT2D eigenvalue weighted by atomic mass is 35.5. The zero-order chi connectivity index (χ0) is 17.5. The molecule has 0 bridgehead atoms. The summed E-state index contributed by atoms with van der Waals surface area (Å²) in [5, 5.41) is 11.8. The lowest BCUT2D eigenvalue weighted by molar-refractivity contribution is -0.387. The van der Waals surface area contributed by atoms with Crippen molar-refractivity contribution in [3.63, 3.8) is 0 Å². The molecule has 6 nitrogen and oxygen atoms in total. The molecule has 1 aliphatic heterocycles. The number of fused-ring (bicyclic) bond motifs is 1. The van der Waals surface area contributed by atoms with Crippen LogP contribution in [-0.2, 0) is 16.4 Å². The van der Waals surface area contributed by atoms with Crippen molar-refractivity contribution < 1.29 is 13.3 Å². The molecule has 8 heteroatoms. The first-order valence-corrected chi connectivity index (χ1v) is 9.19. The molecule has 0 radical (unpaired) electrons. The van der Waals surface area contributed by atoms with Crippen molar-refractivity contribution >= 4 is 33.0 Å². The van der Waals surface area contributed by atoms with E-state index in [1.54, 1.807) is 31.2 Å². The highest BCUT2D eigenvalue weighted by molar-refractivity contribution is 7.93. The minimum atomic E-state index is -4.05. The SMILES string of the molecule is Cc1cccc([N+](=O)[O-])c1S(=O)(=O)N1CCCc2cc(Cl)ccc21. The standard InChI is InChI=1S/C16H15ClN2O4S/c1-11-4-2-6-15(19(20)21)16(11)24(22,23)18-9-3-5-12-10-13(17)7-8-14(12)18/h2,4,6-8,10H,3,5,9H2,1H3. The molecule has 0 amide bonds. The number of anilines is 1. The largest absolute Gasteiger partial charge is 0.290 e. The first-order chi connectivity index (χ1) is 11.3. The third kappa shape index (κ3) is 2.74. The minimum absolute atomic E-state index is 0.252. The van der Waals surface area contributed by atoms with Gasteiger partial charge in [-0.2, -0.15) is 0 Å². The van der Waals surface area contributed by atoms with Crippen LogP contribution in [0.3, 0.4) is 0 Å². The molecule has 0 spiro atoms. The van der Waals surface area contributed by atoms with Gasteiger partial charge >= 0.3 is 0 Å². The van der Waals surface area contributed by atoms with Crippen molar-refractivity contribution in [2.24, 2.45) is 0 Å². The van der Waals surface area contributed by atoms with Gasteiger partial charge in [0.15, 0.2) is 4.90 Å². The summed E-state index contributed by atoms with van der Waals surface area (Å²) >= 11 is 5.99.